The van der Waals surface area contributed by atoms with Crippen molar-refractivity contribution in [2.24, 2.45) is 5.84 Å². The third kappa shape index (κ3) is 3.06. The zero-order valence-corrected chi connectivity index (χ0v) is 11.4. The van der Waals surface area contributed by atoms with E-state index in [0.29, 0.717) is 0 Å². The highest BCUT2D eigenvalue weighted by atomic mass is 79.9. The summed E-state index contributed by atoms with van der Waals surface area (Å²) in [4.78, 5) is 11.8. The van der Waals surface area contributed by atoms with Crippen molar-refractivity contribution in [1.82, 2.24) is 10.2 Å². The first kappa shape index (κ1) is 14.3. The molecule has 0 fully saturated rings. The molecule has 2 rings (SSSR count). The molecule has 2 aromatic rings. The summed E-state index contributed by atoms with van der Waals surface area (Å²) in [6.45, 7) is 0. The average Bonchev–Trinajstić information content (AvgIpc) is 2.42. The number of nitrogen functional groups attached to an aromatic ring is 1. The van der Waals surface area contributed by atoms with Crippen LogP contribution >= 0.6 is 15.9 Å². The Bertz CT molecular complexity index is 627. The number of hydrogen-bond donors (Lipinski definition) is 3. The molecule has 0 aliphatic heterocycles. The van der Waals surface area contributed by atoms with Gasteiger partial charge in [0.15, 0.2) is 23.1 Å². The maximum Gasteiger partial charge on any atom is 0.276 e. The van der Waals surface area contributed by atoms with Crippen LogP contribution < -0.4 is 16.6 Å². The fraction of sp³-hybridized carbons (Fsp3) is 0. The van der Waals surface area contributed by atoms with E-state index in [1.165, 1.54) is 12.1 Å². The van der Waals surface area contributed by atoms with Crippen LogP contribution in [0.25, 0.3) is 0 Å². The Kier molecular flexibility index (Phi) is 4.20. The second kappa shape index (κ2) is 5.88. The molecule has 0 saturated heterocycles. The summed E-state index contributed by atoms with van der Waals surface area (Å²) in [6, 6.07) is 4.78. The fourth-order valence-electron chi connectivity index (χ4n) is 1.37. The highest BCUT2D eigenvalue weighted by molar-refractivity contribution is 9.10. The summed E-state index contributed by atoms with van der Waals surface area (Å²) < 4.78 is 27.3. The van der Waals surface area contributed by atoms with Crippen LogP contribution in [0.2, 0.25) is 0 Å². The number of hydrazine groups is 1. The lowest BCUT2D eigenvalue weighted by atomic mass is 10.2. The van der Waals surface area contributed by atoms with Crippen LogP contribution in [0.4, 0.5) is 20.3 Å². The van der Waals surface area contributed by atoms with Crippen LogP contribution in [0.5, 0.6) is 0 Å². The number of benzene rings is 1. The maximum absolute atomic E-state index is 13.6. The molecular weight excluding hydrogens is 336 g/mol. The molecule has 20 heavy (non-hydrogen) atoms. The third-order valence-corrected chi connectivity index (χ3v) is 2.75. The highest BCUT2D eigenvalue weighted by Crippen LogP contribution is 2.24. The van der Waals surface area contributed by atoms with E-state index in [-0.39, 0.29) is 16.0 Å². The number of aromatic nitrogens is 2. The topological polar surface area (TPSA) is 92.9 Å². The van der Waals surface area contributed by atoms with Crippen LogP contribution in [0.15, 0.2) is 28.7 Å². The summed E-state index contributed by atoms with van der Waals surface area (Å²) in [7, 11) is 0. The van der Waals surface area contributed by atoms with Gasteiger partial charge in [0.1, 0.15) is 5.69 Å². The van der Waals surface area contributed by atoms with Crippen molar-refractivity contribution >= 4 is 33.3 Å². The SMILES string of the molecule is NNc1ccc(C(=O)Nc2c(F)cc(Br)cc2F)nn1. The maximum atomic E-state index is 13.6. The van der Waals surface area contributed by atoms with E-state index in [2.05, 4.69) is 36.9 Å². The van der Waals surface area contributed by atoms with E-state index in [4.69, 9.17) is 5.84 Å². The van der Waals surface area contributed by atoms with Gasteiger partial charge in [0.2, 0.25) is 0 Å². The number of nitrogens with zero attached hydrogens (tertiary/aromatic N) is 2. The Balaban J connectivity index is 2.23. The molecule has 4 N–H and O–H groups in total. The molecular formula is C11H8BrF2N5O. The number of nitrogens with two attached hydrogens (primary N) is 1. The van der Waals surface area contributed by atoms with Crippen molar-refractivity contribution in [3.8, 4) is 0 Å². The number of rotatable bonds is 3. The summed E-state index contributed by atoms with van der Waals surface area (Å²) in [5.41, 5.74) is 1.58. The first-order chi connectivity index (χ1) is 9.51. The molecule has 0 radical (unpaired) electrons. The van der Waals surface area contributed by atoms with Crippen molar-refractivity contribution in [3.05, 3.63) is 46.1 Å². The van der Waals surface area contributed by atoms with Crippen molar-refractivity contribution in [2.75, 3.05) is 10.7 Å². The molecule has 0 spiro atoms. The van der Waals surface area contributed by atoms with Crippen molar-refractivity contribution in [3.63, 3.8) is 0 Å². The van der Waals surface area contributed by atoms with Gasteiger partial charge >= 0.3 is 0 Å². The van der Waals surface area contributed by atoms with E-state index in [1.54, 1.807) is 0 Å². The minimum absolute atomic E-state index is 0.106. The lowest BCUT2D eigenvalue weighted by Crippen LogP contribution is -2.17. The van der Waals surface area contributed by atoms with Crippen LogP contribution in [-0.2, 0) is 0 Å². The van der Waals surface area contributed by atoms with Gasteiger partial charge in [0.25, 0.3) is 5.91 Å². The van der Waals surface area contributed by atoms with Gasteiger partial charge < -0.3 is 10.7 Å². The predicted molar refractivity (Wildman–Crippen MR) is 71.9 cm³/mol. The average molecular weight is 344 g/mol. The smallest absolute Gasteiger partial charge is 0.276 e. The third-order valence-electron chi connectivity index (χ3n) is 2.29. The van der Waals surface area contributed by atoms with E-state index in [9.17, 15) is 13.6 Å². The Morgan fingerprint density at radius 3 is 2.35 bits per heavy atom. The van der Waals surface area contributed by atoms with Crippen molar-refractivity contribution in [2.45, 2.75) is 0 Å². The van der Waals surface area contributed by atoms with Gasteiger partial charge in [-0.15, -0.1) is 10.2 Å². The van der Waals surface area contributed by atoms with Gasteiger partial charge in [-0.05, 0) is 24.3 Å². The van der Waals surface area contributed by atoms with Crippen molar-refractivity contribution in [1.29, 1.82) is 0 Å². The number of hydrogen-bond acceptors (Lipinski definition) is 5. The lowest BCUT2D eigenvalue weighted by molar-refractivity contribution is 0.102. The second-order valence-corrected chi connectivity index (χ2v) is 4.56. The number of halogens is 3. The van der Waals surface area contributed by atoms with Gasteiger partial charge in [0.05, 0.1) is 0 Å². The van der Waals surface area contributed by atoms with Crippen LogP contribution in [0, 0.1) is 11.6 Å². The Morgan fingerprint density at radius 2 is 1.85 bits per heavy atom. The van der Waals surface area contributed by atoms with Gasteiger partial charge in [-0.25, -0.2) is 14.6 Å². The zero-order valence-electron chi connectivity index (χ0n) is 9.82. The quantitative estimate of drug-likeness (QED) is 0.585. The standard InChI is InChI=1S/C11H8BrF2N5O/c12-5-3-6(13)10(7(14)4-5)16-11(20)8-1-2-9(17-15)19-18-8/h1-4H,15H2,(H,16,20)(H,17,19). The summed E-state index contributed by atoms with van der Waals surface area (Å²) >= 11 is 2.94. The van der Waals surface area contributed by atoms with E-state index >= 15 is 0 Å². The Hall–Kier alpha value is -2.13. The summed E-state index contributed by atoms with van der Waals surface area (Å²) in [5, 5.41) is 9.24. The van der Waals surface area contributed by atoms with E-state index < -0.39 is 23.2 Å². The molecule has 0 aliphatic carbocycles. The fourth-order valence-corrected chi connectivity index (χ4v) is 1.77. The second-order valence-electron chi connectivity index (χ2n) is 3.65. The molecule has 1 amide bonds. The monoisotopic (exact) mass is 343 g/mol. The largest absolute Gasteiger partial charge is 0.316 e. The number of carbonyl (C=O) groups excluding carboxylic acids is 1. The minimum atomic E-state index is -0.904. The van der Waals surface area contributed by atoms with Gasteiger partial charge in [-0.3, -0.25) is 4.79 Å². The molecule has 0 saturated carbocycles. The minimum Gasteiger partial charge on any atom is -0.316 e. The summed E-state index contributed by atoms with van der Waals surface area (Å²) in [5.74, 6) is 2.75. The number of carbonyl (C=O) groups is 1. The molecule has 6 nitrogen and oxygen atoms in total. The van der Waals surface area contributed by atoms with Crippen LogP contribution in [0.1, 0.15) is 10.5 Å². The molecule has 104 valence electrons. The molecule has 1 aromatic heterocycles. The molecule has 9 heteroatoms. The van der Waals surface area contributed by atoms with Crippen molar-refractivity contribution < 1.29 is 13.6 Å². The molecule has 0 bridgehead atoms. The number of amides is 1. The van der Waals surface area contributed by atoms with Gasteiger partial charge in [-0.1, -0.05) is 15.9 Å². The number of nitrogens with one attached hydrogen (secondary N) is 2. The van der Waals surface area contributed by atoms with E-state index in [0.717, 1.165) is 12.1 Å². The zero-order chi connectivity index (χ0) is 14.7. The molecule has 0 unspecified atom stereocenters. The van der Waals surface area contributed by atoms with Crippen LogP contribution in [-0.4, -0.2) is 16.1 Å². The highest BCUT2D eigenvalue weighted by Gasteiger charge is 2.16. The molecule has 1 heterocycles. The number of anilines is 2. The van der Waals surface area contributed by atoms with E-state index in [1.807, 2.05) is 0 Å². The Morgan fingerprint density at radius 1 is 1.20 bits per heavy atom. The van der Waals surface area contributed by atoms with Gasteiger partial charge in [0, 0.05) is 4.47 Å². The first-order valence-corrected chi connectivity index (χ1v) is 6.07. The van der Waals surface area contributed by atoms with Crippen LogP contribution in [0.3, 0.4) is 0 Å². The predicted octanol–water partition coefficient (Wildman–Crippen LogP) is 2.06. The molecule has 1 aromatic carbocycles. The first-order valence-electron chi connectivity index (χ1n) is 5.27. The molecule has 0 atom stereocenters. The summed E-state index contributed by atoms with van der Waals surface area (Å²) in [6.07, 6.45) is 0. The molecule has 0 aliphatic rings. The lowest BCUT2D eigenvalue weighted by Gasteiger charge is -2.07. The van der Waals surface area contributed by atoms with Gasteiger partial charge in [-0.2, -0.15) is 0 Å². The normalized spacial score (nSPS) is 10.2. The Labute approximate surface area is 120 Å².